The molecule has 4 heteroatoms. The fraction of sp³-hybridized carbons (Fsp3) is 0.588. The smallest absolute Gasteiger partial charge is 0.318 e. The van der Waals surface area contributed by atoms with Crippen LogP contribution in [0.25, 0.3) is 0 Å². The van der Waals surface area contributed by atoms with Crippen LogP contribution >= 0.6 is 0 Å². The second-order valence-corrected chi connectivity index (χ2v) is 6.18. The van der Waals surface area contributed by atoms with Gasteiger partial charge in [0, 0.05) is 12.6 Å². The Labute approximate surface area is 126 Å². The molecule has 2 aliphatic carbocycles. The number of hydrogen-bond donors (Lipinski definition) is 2. The minimum absolute atomic E-state index is 0.0210. The third-order valence-corrected chi connectivity index (χ3v) is 4.65. The molecule has 1 aromatic carbocycles. The van der Waals surface area contributed by atoms with E-state index in [4.69, 9.17) is 5.11 Å². The van der Waals surface area contributed by atoms with Crippen molar-refractivity contribution in [3.05, 3.63) is 35.9 Å². The van der Waals surface area contributed by atoms with Crippen LogP contribution in [0.2, 0.25) is 0 Å². The third-order valence-electron chi connectivity index (χ3n) is 4.65. The van der Waals surface area contributed by atoms with Crippen molar-refractivity contribution in [2.24, 2.45) is 5.92 Å². The van der Waals surface area contributed by atoms with Crippen LogP contribution in [-0.4, -0.2) is 35.2 Å². The summed E-state index contributed by atoms with van der Waals surface area (Å²) >= 11 is 0. The van der Waals surface area contributed by atoms with Crippen LogP contribution in [0.5, 0.6) is 0 Å². The van der Waals surface area contributed by atoms with Gasteiger partial charge in [-0.25, -0.2) is 4.79 Å². The number of amides is 2. The molecule has 114 valence electrons. The molecule has 0 aliphatic heterocycles. The Morgan fingerprint density at radius 2 is 1.95 bits per heavy atom. The predicted molar refractivity (Wildman–Crippen MR) is 81.9 cm³/mol. The minimum Gasteiger partial charge on any atom is -0.395 e. The fourth-order valence-electron chi connectivity index (χ4n) is 3.07. The Morgan fingerprint density at radius 1 is 1.24 bits per heavy atom. The molecule has 0 heterocycles. The molecule has 0 aromatic heterocycles. The van der Waals surface area contributed by atoms with Crippen molar-refractivity contribution in [2.75, 3.05) is 13.2 Å². The number of rotatable bonds is 6. The molecule has 0 spiro atoms. The molecule has 2 saturated carbocycles. The van der Waals surface area contributed by atoms with Gasteiger partial charge in [0.2, 0.25) is 0 Å². The lowest BCUT2D eigenvalue weighted by Gasteiger charge is -2.36. The van der Waals surface area contributed by atoms with Crippen molar-refractivity contribution < 1.29 is 9.90 Å². The van der Waals surface area contributed by atoms with E-state index < -0.39 is 0 Å². The first-order valence-electron chi connectivity index (χ1n) is 8.02. The van der Waals surface area contributed by atoms with E-state index in [0.717, 1.165) is 12.8 Å². The monoisotopic (exact) mass is 288 g/mol. The number of nitrogens with zero attached hydrogens (tertiary/aromatic N) is 1. The van der Waals surface area contributed by atoms with Gasteiger partial charge >= 0.3 is 6.03 Å². The van der Waals surface area contributed by atoms with Crippen molar-refractivity contribution >= 4 is 6.03 Å². The number of nitrogens with one attached hydrogen (secondary N) is 1. The molecule has 1 unspecified atom stereocenters. The van der Waals surface area contributed by atoms with Gasteiger partial charge in [-0.2, -0.15) is 0 Å². The Morgan fingerprint density at radius 3 is 2.48 bits per heavy atom. The third kappa shape index (κ3) is 3.38. The zero-order valence-electron chi connectivity index (χ0n) is 12.4. The van der Waals surface area contributed by atoms with Gasteiger partial charge in [-0.3, -0.25) is 0 Å². The molecule has 0 bridgehead atoms. The summed E-state index contributed by atoms with van der Waals surface area (Å²) in [5, 5.41) is 12.4. The molecule has 0 saturated heterocycles. The van der Waals surface area contributed by atoms with Gasteiger partial charge in [-0.15, -0.1) is 0 Å². The number of hydrogen-bond acceptors (Lipinski definition) is 2. The van der Waals surface area contributed by atoms with E-state index in [1.54, 1.807) is 4.90 Å². The van der Waals surface area contributed by atoms with E-state index in [-0.39, 0.29) is 18.7 Å². The average Bonchev–Trinajstić information content (AvgIpc) is 3.27. The van der Waals surface area contributed by atoms with E-state index in [0.29, 0.717) is 18.5 Å². The number of aliphatic hydroxyl groups excluding tert-OH is 1. The largest absolute Gasteiger partial charge is 0.395 e. The molecule has 21 heavy (non-hydrogen) atoms. The lowest BCUT2D eigenvalue weighted by Crippen LogP contribution is -2.46. The van der Waals surface area contributed by atoms with Gasteiger partial charge in [0.15, 0.2) is 0 Å². The highest BCUT2D eigenvalue weighted by Crippen LogP contribution is 2.38. The molecule has 2 amide bonds. The molecule has 1 aromatic rings. The molecule has 3 rings (SSSR count). The van der Waals surface area contributed by atoms with Crippen LogP contribution in [0, 0.1) is 5.92 Å². The molecular weight excluding hydrogens is 264 g/mol. The average molecular weight is 288 g/mol. The van der Waals surface area contributed by atoms with Gasteiger partial charge in [-0.05, 0) is 37.2 Å². The van der Waals surface area contributed by atoms with Crippen LogP contribution in [-0.2, 0) is 0 Å². The minimum atomic E-state index is -0.0210. The van der Waals surface area contributed by atoms with Gasteiger partial charge in [0.05, 0.1) is 12.6 Å². The summed E-state index contributed by atoms with van der Waals surface area (Å²) in [4.78, 5) is 14.3. The van der Waals surface area contributed by atoms with Gasteiger partial charge in [-0.1, -0.05) is 36.8 Å². The van der Waals surface area contributed by atoms with E-state index >= 15 is 0 Å². The van der Waals surface area contributed by atoms with Crippen LogP contribution in [0.1, 0.15) is 43.7 Å². The summed E-state index contributed by atoms with van der Waals surface area (Å²) in [6.45, 7) is 0.464. The lowest BCUT2D eigenvalue weighted by atomic mass is 9.77. The van der Waals surface area contributed by atoms with Crippen molar-refractivity contribution in [3.63, 3.8) is 0 Å². The van der Waals surface area contributed by atoms with Crippen LogP contribution < -0.4 is 5.32 Å². The van der Waals surface area contributed by atoms with Gasteiger partial charge in [0.25, 0.3) is 0 Å². The lowest BCUT2D eigenvalue weighted by molar-refractivity contribution is 0.158. The molecular formula is C17H24N2O2. The first-order chi connectivity index (χ1) is 10.3. The summed E-state index contributed by atoms with van der Waals surface area (Å²) in [6, 6.07) is 10.7. The highest BCUT2D eigenvalue weighted by atomic mass is 16.3. The number of urea groups is 1. The van der Waals surface area contributed by atoms with Crippen LogP contribution in [0.4, 0.5) is 4.79 Å². The van der Waals surface area contributed by atoms with Crippen molar-refractivity contribution in [2.45, 2.75) is 44.2 Å². The van der Waals surface area contributed by atoms with Crippen LogP contribution in [0.15, 0.2) is 30.3 Å². The van der Waals surface area contributed by atoms with E-state index in [2.05, 4.69) is 17.4 Å². The summed E-state index contributed by atoms with van der Waals surface area (Å²) in [6.07, 6.45) is 5.75. The first-order valence-corrected chi connectivity index (χ1v) is 8.02. The second-order valence-electron chi connectivity index (χ2n) is 6.18. The summed E-state index contributed by atoms with van der Waals surface area (Å²) in [5.41, 5.74) is 1.19. The highest BCUT2D eigenvalue weighted by molar-refractivity contribution is 5.75. The summed E-state index contributed by atoms with van der Waals surface area (Å²) < 4.78 is 0. The van der Waals surface area contributed by atoms with E-state index in [1.807, 2.05) is 18.2 Å². The van der Waals surface area contributed by atoms with Crippen molar-refractivity contribution in [1.29, 1.82) is 0 Å². The Bertz CT molecular complexity index is 469. The number of benzene rings is 1. The zero-order valence-corrected chi connectivity index (χ0v) is 12.4. The quantitative estimate of drug-likeness (QED) is 0.845. The molecule has 2 N–H and O–H groups in total. The van der Waals surface area contributed by atoms with Gasteiger partial charge in [0.1, 0.15) is 0 Å². The molecule has 2 aliphatic rings. The van der Waals surface area contributed by atoms with Crippen molar-refractivity contribution in [3.8, 4) is 0 Å². The molecule has 2 fully saturated rings. The maximum atomic E-state index is 12.5. The fourth-order valence-corrected chi connectivity index (χ4v) is 3.07. The normalized spacial score (nSPS) is 19.7. The first kappa shape index (κ1) is 14.4. The Hall–Kier alpha value is -1.55. The Balaban J connectivity index is 1.70. The molecule has 4 nitrogen and oxygen atoms in total. The number of aliphatic hydroxyl groups is 1. The van der Waals surface area contributed by atoms with E-state index in [1.165, 1.54) is 24.8 Å². The topological polar surface area (TPSA) is 52.6 Å². The molecule has 0 radical (unpaired) electrons. The molecule has 1 atom stereocenters. The maximum absolute atomic E-state index is 12.5. The standard InChI is InChI=1S/C17H24N2O2/c20-12-11-19(15-9-10-15)17(21)18-16(14-7-4-8-14)13-5-2-1-3-6-13/h1-3,5-6,14-16,20H,4,7-12H2,(H,18,21). The number of carbonyl (C=O) groups is 1. The highest BCUT2D eigenvalue weighted by Gasteiger charge is 2.35. The summed E-state index contributed by atoms with van der Waals surface area (Å²) in [5.74, 6) is 0.548. The predicted octanol–water partition coefficient (Wildman–Crippen LogP) is 2.69. The van der Waals surface area contributed by atoms with Gasteiger partial charge < -0.3 is 15.3 Å². The number of carbonyl (C=O) groups excluding carboxylic acids is 1. The van der Waals surface area contributed by atoms with Crippen molar-refractivity contribution in [1.82, 2.24) is 10.2 Å². The zero-order chi connectivity index (χ0) is 14.7. The summed E-state index contributed by atoms with van der Waals surface area (Å²) in [7, 11) is 0. The second kappa shape index (κ2) is 6.48. The van der Waals surface area contributed by atoms with Crippen LogP contribution in [0.3, 0.4) is 0 Å². The van der Waals surface area contributed by atoms with E-state index in [9.17, 15) is 4.79 Å². The SMILES string of the molecule is O=C(NC(c1ccccc1)C1CCC1)N(CCO)C1CC1. The maximum Gasteiger partial charge on any atom is 0.318 e. The Kier molecular flexibility index (Phi) is 4.44.